The normalized spacial score (nSPS) is 11.5. The molecular weight excluding hydrogens is 368 g/mol. The lowest BCUT2D eigenvalue weighted by Crippen LogP contribution is -2.06. The van der Waals surface area contributed by atoms with Gasteiger partial charge in [0.25, 0.3) is 0 Å². The summed E-state index contributed by atoms with van der Waals surface area (Å²) >= 11 is 0. The first-order valence-electron chi connectivity index (χ1n) is 9.98. The first-order valence-corrected chi connectivity index (χ1v) is 9.98. The summed E-state index contributed by atoms with van der Waals surface area (Å²) in [7, 11) is 0. The van der Waals surface area contributed by atoms with E-state index in [1.165, 1.54) is 21.5 Å². The molecule has 0 N–H and O–H groups in total. The van der Waals surface area contributed by atoms with Crippen molar-refractivity contribution in [1.29, 1.82) is 0 Å². The molecule has 0 unspecified atom stereocenters. The Balaban J connectivity index is 1.72. The molecule has 4 nitrogen and oxygen atoms in total. The highest BCUT2D eigenvalue weighted by atomic mass is 15.2. The van der Waals surface area contributed by atoms with Crippen LogP contribution in [0.4, 0.5) is 0 Å². The van der Waals surface area contributed by atoms with Gasteiger partial charge >= 0.3 is 0 Å². The van der Waals surface area contributed by atoms with E-state index in [4.69, 9.17) is 9.97 Å². The molecule has 0 saturated carbocycles. The van der Waals surface area contributed by atoms with Crippen LogP contribution in [-0.2, 0) is 0 Å². The minimum absolute atomic E-state index is 0.642. The molecule has 30 heavy (non-hydrogen) atoms. The Hall–Kier alpha value is -4.05. The van der Waals surface area contributed by atoms with Gasteiger partial charge in [-0.05, 0) is 35.9 Å². The minimum atomic E-state index is 0.642. The van der Waals surface area contributed by atoms with Crippen LogP contribution in [0.2, 0.25) is 0 Å². The highest BCUT2D eigenvalue weighted by Gasteiger charge is 2.16. The van der Waals surface area contributed by atoms with E-state index in [1.54, 1.807) is 0 Å². The van der Waals surface area contributed by atoms with E-state index in [0.717, 1.165) is 16.6 Å². The maximum absolute atomic E-state index is 4.87. The average molecular weight is 386 g/mol. The number of fused-ring (bicyclic) bond motifs is 4. The van der Waals surface area contributed by atoms with Crippen LogP contribution in [0.3, 0.4) is 0 Å². The molecule has 0 saturated heterocycles. The second kappa shape index (κ2) is 6.49. The monoisotopic (exact) mass is 386 g/mol. The molecule has 0 bridgehead atoms. The summed E-state index contributed by atoms with van der Waals surface area (Å²) < 4.78 is 2.15. The maximum Gasteiger partial charge on any atom is 0.238 e. The highest BCUT2D eigenvalue weighted by molar-refractivity contribution is 6.13. The topological polar surface area (TPSA) is 43.6 Å². The number of hydrogen-bond acceptors (Lipinski definition) is 3. The van der Waals surface area contributed by atoms with Gasteiger partial charge in [-0.3, -0.25) is 4.57 Å². The fraction of sp³-hybridized carbons (Fsp3) is 0.0385. The number of rotatable bonds is 2. The molecular formula is C26H18N4. The molecule has 0 amide bonds. The minimum Gasteiger partial charge on any atom is -0.278 e. The molecule has 4 aromatic carbocycles. The Morgan fingerprint density at radius 1 is 0.600 bits per heavy atom. The smallest absolute Gasteiger partial charge is 0.238 e. The molecule has 0 radical (unpaired) electrons. The van der Waals surface area contributed by atoms with Crippen molar-refractivity contribution in [2.45, 2.75) is 6.92 Å². The van der Waals surface area contributed by atoms with Crippen LogP contribution in [0, 0.1) is 6.92 Å². The molecule has 0 spiro atoms. The second-order valence-electron chi connectivity index (χ2n) is 7.44. The van der Waals surface area contributed by atoms with Crippen molar-refractivity contribution in [2.24, 2.45) is 0 Å². The molecule has 2 heterocycles. The quantitative estimate of drug-likeness (QED) is 0.361. The van der Waals surface area contributed by atoms with Crippen molar-refractivity contribution in [3.05, 3.63) is 96.8 Å². The Morgan fingerprint density at radius 3 is 2.13 bits per heavy atom. The van der Waals surface area contributed by atoms with Gasteiger partial charge in [0.2, 0.25) is 5.95 Å². The van der Waals surface area contributed by atoms with Crippen molar-refractivity contribution in [3.8, 4) is 17.3 Å². The molecule has 0 aliphatic carbocycles. The fourth-order valence-electron chi connectivity index (χ4n) is 4.15. The van der Waals surface area contributed by atoms with E-state index in [0.29, 0.717) is 17.6 Å². The zero-order valence-electron chi connectivity index (χ0n) is 16.4. The zero-order chi connectivity index (χ0) is 20.1. The summed E-state index contributed by atoms with van der Waals surface area (Å²) in [6.07, 6.45) is 0. The van der Waals surface area contributed by atoms with E-state index in [-0.39, 0.29) is 0 Å². The average Bonchev–Trinajstić information content (AvgIpc) is 3.11. The molecule has 4 heteroatoms. The van der Waals surface area contributed by atoms with Crippen molar-refractivity contribution in [2.75, 3.05) is 0 Å². The molecule has 0 fully saturated rings. The van der Waals surface area contributed by atoms with Gasteiger partial charge in [0.1, 0.15) is 5.82 Å². The summed E-state index contributed by atoms with van der Waals surface area (Å²) in [5.41, 5.74) is 3.17. The Bertz CT molecular complexity index is 1550. The van der Waals surface area contributed by atoms with Crippen LogP contribution in [0.25, 0.3) is 49.9 Å². The lowest BCUT2D eigenvalue weighted by atomic mass is 10.1. The van der Waals surface area contributed by atoms with Crippen LogP contribution in [0.15, 0.2) is 91.0 Å². The van der Waals surface area contributed by atoms with Gasteiger partial charge in [0, 0.05) is 16.3 Å². The Kier molecular flexibility index (Phi) is 3.65. The number of hydrogen-bond donors (Lipinski definition) is 0. The number of aryl methyl sites for hydroxylation is 1. The highest BCUT2D eigenvalue weighted by Crippen LogP contribution is 2.34. The van der Waals surface area contributed by atoms with Gasteiger partial charge in [-0.15, -0.1) is 0 Å². The van der Waals surface area contributed by atoms with Crippen LogP contribution >= 0.6 is 0 Å². The molecule has 0 aliphatic heterocycles. The van der Waals surface area contributed by atoms with Crippen molar-refractivity contribution in [1.82, 2.24) is 19.5 Å². The predicted molar refractivity (Wildman–Crippen MR) is 122 cm³/mol. The van der Waals surface area contributed by atoms with Crippen LogP contribution in [0.1, 0.15) is 5.82 Å². The van der Waals surface area contributed by atoms with Crippen LogP contribution in [0.5, 0.6) is 0 Å². The van der Waals surface area contributed by atoms with Gasteiger partial charge in [0.15, 0.2) is 5.82 Å². The third kappa shape index (κ3) is 2.58. The SMILES string of the molecule is Cc1nc(-c2ccccc2)nc(-n2c3ccccc3c3cc4ccccc4cc32)n1. The zero-order valence-corrected chi connectivity index (χ0v) is 16.4. The van der Waals surface area contributed by atoms with E-state index in [9.17, 15) is 0 Å². The Labute approximate surface area is 173 Å². The molecule has 0 atom stereocenters. The number of aromatic nitrogens is 4. The van der Waals surface area contributed by atoms with E-state index in [2.05, 4.69) is 70.2 Å². The molecule has 142 valence electrons. The molecule has 2 aromatic heterocycles. The Morgan fingerprint density at radius 2 is 1.30 bits per heavy atom. The fourth-order valence-corrected chi connectivity index (χ4v) is 4.15. The van der Waals surface area contributed by atoms with Gasteiger partial charge in [-0.2, -0.15) is 9.97 Å². The molecule has 0 aliphatic rings. The van der Waals surface area contributed by atoms with Gasteiger partial charge in [-0.25, -0.2) is 4.98 Å². The molecule has 6 aromatic rings. The first-order chi connectivity index (χ1) is 14.8. The predicted octanol–water partition coefficient (Wildman–Crippen LogP) is 6.10. The largest absolute Gasteiger partial charge is 0.278 e. The van der Waals surface area contributed by atoms with Gasteiger partial charge < -0.3 is 0 Å². The maximum atomic E-state index is 4.87. The van der Waals surface area contributed by atoms with E-state index in [1.807, 2.05) is 37.3 Å². The van der Waals surface area contributed by atoms with Crippen molar-refractivity contribution >= 4 is 32.6 Å². The van der Waals surface area contributed by atoms with Gasteiger partial charge in [0.05, 0.1) is 11.0 Å². The molecule has 6 rings (SSSR count). The van der Waals surface area contributed by atoms with Crippen LogP contribution < -0.4 is 0 Å². The lowest BCUT2D eigenvalue weighted by Gasteiger charge is -2.09. The summed E-state index contributed by atoms with van der Waals surface area (Å²) in [5.74, 6) is 2.03. The second-order valence-corrected chi connectivity index (χ2v) is 7.44. The third-order valence-corrected chi connectivity index (χ3v) is 5.51. The summed E-state index contributed by atoms with van der Waals surface area (Å²) in [5, 5.41) is 4.81. The van der Waals surface area contributed by atoms with Crippen LogP contribution in [-0.4, -0.2) is 19.5 Å². The van der Waals surface area contributed by atoms with E-state index < -0.39 is 0 Å². The number of nitrogens with zero attached hydrogens (tertiary/aromatic N) is 4. The standard InChI is InChI=1S/C26H18N4/c1-17-27-25(18-9-3-2-4-10-18)29-26(28-17)30-23-14-8-7-13-21(23)22-15-19-11-5-6-12-20(19)16-24(22)30/h2-16H,1H3. The summed E-state index contributed by atoms with van der Waals surface area (Å²) in [4.78, 5) is 14.2. The summed E-state index contributed by atoms with van der Waals surface area (Å²) in [6, 6.07) is 31.4. The number of benzene rings is 4. The third-order valence-electron chi connectivity index (χ3n) is 5.51. The lowest BCUT2D eigenvalue weighted by molar-refractivity contribution is 0.907. The van der Waals surface area contributed by atoms with Crippen molar-refractivity contribution in [3.63, 3.8) is 0 Å². The van der Waals surface area contributed by atoms with E-state index >= 15 is 0 Å². The number of para-hydroxylation sites is 1. The summed E-state index contributed by atoms with van der Waals surface area (Å²) in [6.45, 7) is 1.92. The van der Waals surface area contributed by atoms with Crippen molar-refractivity contribution < 1.29 is 0 Å². The first kappa shape index (κ1) is 16.9. The van der Waals surface area contributed by atoms with Gasteiger partial charge in [-0.1, -0.05) is 72.8 Å².